The average molecular weight is 370 g/mol. The average Bonchev–Trinajstić information content (AvgIpc) is 2.73. The van der Waals surface area contributed by atoms with Gasteiger partial charge in [0.25, 0.3) is 0 Å². The topological polar surface area (TPSA) is 46.6 Å². The second-order valence-electron chi connectivity index (χ2n) is 7.04. The molecule has 1 N–H and O–H groups in total. The Morgan fingerprint density at radius 2 is 2.11 bits per heavy atom. The summed E-state index contributed by atoms with van der Waals surface area (Å²) in [6.45, 7) is 6.98. The molecule has 1 aliphatic rings. The van der Waals surface area contributed by atoms with Crippen LogP contribution in [0.15, 0.2) is 42.7 Å². The van der Waals surface area contributed by atoms with Crippen molar-refractivity contribution in [2.45, 2.75) is 45.4 Å². The molecule has 5 heteroatoms. The van der Waals surface area contributed by atoms with Crippen molar-refractivity contribution in [3.63, 3.8) is 0 Å². The van der Waals surface area contributed by atoms with E-state index in [1.807, 2.05) is 24.4 Å². The molecule has 1 aliphatic heterocycles. The second-order valence-corrected chi connectivity index (χ2v) is 7.04. The van der Waals surface area contributed by atoms with E-state index in [1.54, 1.807) is 13.3 Å². The monoisotopic (exact) mass is 369 g/mol. The van der Waals surface area contributed by atoms with Crippen molar-refractivity contribution in [3.8, 4) is 11.5 Å². The van der Waals surface area contributed by atoms with Crippen molar-refractivity contribution in [1.29, 1.82) is 0 Å². The van der Waals surface area contributed by atoms with Gasteiger partial charge in [-0.15, -0.1) is 0 Å². The van der Waals surface area contributed by atoms with E-state index in [0.29, 0.717) is 12.6 Å². The molecule has 1 atom stereocenters. The third-order valence-corrected chi connectivity index (χ3v) is 5.21. The largest absolute Gasteiger partial charge is 0.493 e. The summed E-state index contributed by atoms with van der Waals surface area (Å²) in [5, 5.41) is 3.63. The molecule has 2 aromatic rings. The highest BCUT2D eigenvalue weighted by Crippen LogP contribution is 2.29. The number of methoxy groups -OCH3 is 1. The number of hydrogen-bond donors (Lipinski definition) is 1. The van der Waals surface area contributed by atoms with E-state index in [1.165, 1.54) is 31.4 Å². The van der Waals surface area contributed by atoms with E-state index in [-0.39, 0.29) is 0 Å². The van der Waals surface area contributed by atoms with E-state index in [0.717, 1.165) is 36.7 Å². The molecule has 1 aromatic carbocycles. The molecule has 0 amide bonds. The SMILES string of the molecule is CCN1CCCCC1CNCc1ccc(OC)c(OCc2cccnc2)c1. The van der Waals surface area contributed by atoms with Gasteiger partial charge in [0, 0.05) is 37.1 Å². The Kier molecular flexibility index (Phi) is 7.48. The van der Waals surface area contributed by atoms with Crippen molar-refractivity contribution < 1.29 is 9.47 Å². The van der Waals surface area contributed by atoms with Crippen LogP contribution in [0.25, 0.3) is 0 Å². The van der Waals surface area contributed by atoms with Gasteiger partial charge < -0.3 is 14.8 Å². The summed E-state index contributed by atoms with van der Waals surface area (Å²) in [6, 6.07) is 10.7. The fraction of sp³-hybridized carbons (Fsp3) is 0.500. The van der Waals surface area contributed by atoms with Crippen LogP contribution in [0.5, 0.6) is 11.5 Å². The summed E-state index contributed by atoms with van der Waals surface area (Å²) in [4.78, 5) is 6.72. The second kappa shape index (κ2) is 10.3. The highest BCUT2D eigenvalue weighted by molar-refractivity contribution is 5.43. The van der Waals surface area contributed by atoms with Gasteiger partial charge in [0.05, 0.1) is 7.11 Å². The van der Waals surface area contributed by atoms with Crippen molar-refractivity contribution >= 4 is 0 Å². The van der Waals surface area contributed by atoms with Gasteiger partial charge in [-0.05, 0) is 49.7 Å². The summed E-state index contributed by atoms with van der Waals surface area (Å²) in [7, 11) is 1.67. The van der Waals surface area contributed by atoms with Crippen molar-refractivity contribution in [2.24, 2.45) is 0 Å². The predicted molar refractivity (Wildman–Crippen MR) is 108 cm³/mol. The molecule has 0 radical (unpaired) electrons. The molecule has 3 rings (SSSR count). The first-order valence-corrected chi connectivity index (χ1v) is 9.93. The highest BCUT2D eigenvalue weighted by atomic mass is 16.5. The number of nitrogens with one attached hydrogen (secondary N) is 1. The standard InChI is InChI=1S/C22H31N3O2/c1-3-25-12-5-4-8-20(25)16-24-14-18-9-10-21(26-2)22(13-18)27-17-19-7-6-11-23-15-19/h6-7,9-11,13,15,20,24H,3-5,8,12,14,16-17H2,1-2H3. The Balaban J connectivity index is 1.55. The maximum absolute atomic E-state index is 5.98. The molecule has 146 valence electrons. The minimum Gasteiger partial charge on any atom is -0.493 e. The lowest BCUT2D eigenvalue weighted by Crippen LogP contribution is -2.45. The molecule has 1 saturated heterocycles. The molecule has 0 aliphatic carbocycles. The zero-order valence-corrected chi connectivity index (χ0v) is 16.5. The van der Waals surface area contributed by atoms with Crippen molar-refractivity contribution in [1.82, 2.24) is 15.2 Å². The maximum Gasteiger partial charge on any atom is 0.161 e. The summed E-state index contributed by atoms with van der Waals surface area (Å²) in [6.07, 6.45) is 7.56. The first kappa shape index (κ1) is 19.6. The lowest BCUT2D eigenvalue weighted by Gasteiger charge is -2.35. The summed E-state index contributed by atoms with van der Waals surface area (Å²) < 4.78 is 11.4. The maximum atomic E-state index is 5.98. The fourth-order valence-corrected chi connectivity index (χ4v) is 3.68. The van der Waals surface area contributed by atoms with Gasteiger partial charge >= 0.3 is 0 Å². The number of benzene rings is 1. The van der Waals surface area contributed by atoms with Crippen LogP contribution in [0.1, 0.15) is 37.3 Å². The number of piperidine rings is 1. The predicted octanol–water partition coefficient (Wildman–Crippen LogP) is 3.63. The van der Waals surface area contributed by atoms with Crippen LogP contribution in [-0.2, 0) is 13.2 Å². The van der Waals surface area contributed by atoms with Crippen LogP contribution in [0.3, 0.4) is 0 Å². The number of likely N-dealkylation sites (tertiary alicyclic amines) is 1. The van der Waals surface area contributed by atoms with Gasteiger partial charge in [-0.25, -0.2) is 0 Å². The molecule has 2 heterocycles. The molecule has 5 nitrogen and oxygen atoms in total. The molecule has 0 spiro atoms. The summed E-state index contributed by atoms with van der Waals surface area (Å²) in [5.41, 5.74) is 2.25. The number of aromatic nitrogens is 1. The molecule has 0 bridgehead atoms. The van der Waals surface area contributed by atoms with Crippen LogP contribution in [0.2, 0.25) is 0 Å². The number of nitrogens with zero attached hydrogens (tertiary/aromatic N) is 2. The third kappa shape index (κ3) is 5.68. The summed E-state index contributed by atoms with van der Waals surface area (Å²) in [5.74, 6) is 1.53. The Labute approximate surface area is 162 Å². The zero-order chi connectivity index (χ0) is 18.9. The molecule has 1 unspecified atom stereocenters. The van der Waals surface area contributed by atoms with Gasteiger partial charge in [-0.2, -0.15) is 0 Å². The third-order valence-electron chi connectivity index (χ3n) is 5.21. The first-order chi connectivity index (χ1) is 13.3. The molecule has 1 fully saturated rings. The number of hydrogen-bond acceptors (Lipinski definition) is 5. The van der Waals surface area contributed by atoms with Crippen LogP contribution >= 0.6 is 0 Å². The van der Waals surface area contributed by atoms with Gasteiger partial charge in [-0.3, -0.25) is 9.88 Å². The smallest absolute Gasteiger partial charge is 0.161 e. The van der Waals surface area contributed by atoms with Gasteiger partial charge in [-0.1, -0.05) is 25.5 Å². The van der Waals surface area contributed by atoms with Crippen LogP contribution in [-0.4, -0.2) is 42.7 Å². The van der Waals surface area contributed by atoms with E-state index in [9.17, 15) is 0 Å². The van der Waals surface area contributed by atoms with Gasteiger partial charge in [0.2, 0.25) is 0 Å². The van der Waals surface area contributed by atoms with E-state index >= 15 is 0 Å². The normalized spacial score (nSPS) is 17.6. The molecule has 27 heavy (non-hydrogen) atoms. The minimum absolute atomic E-state index is 0.481. The van der Waals surface area contributed by atoms with Crippen molar-refractivity contribution in [3.05, 3.63) is 53.9 Å². The molecular weight excluding hydrogens is 338 g/mol. The minimum atomic E-state index is 0.481. The number of rotatable bonds is 9. The highest BCUT2D eigenvalue weighted by Gasteiger charge is 2.20. The Hall–Kier alpha value is -2.11. The van der Waals surface area contributed by atoms with Crippen LogP contribution < -0.4 is 14.8 Å². The number of likely N-dealkylation sites (N-methyl/N-ethyl adjacent to an activating group) is 1. The number of pyridine rings is 1. The molecule has 0 saturated carbocycles. The van der Waals surface area contributed by atoms with Gasteiger partial charge in [0.1, 0.15) is 6.61 Å². The Bertz CT molecular complexity index is 693. The first-order valence-electron chi connectivity index (χ1n) is 9.93. The summed E-state index contributed by atoms with van der Waals surface area (Å²) >= 11 is 0. The Morgan fingerprint density at radius 3 is 2.89 bits per heavy atom. The van der Waals surface area contributed by atoms with E-state index < -0.39 is 0 Å². The molecule has 1 aromatic heterocycles. The molecular formula is C22H31N3O2. The van der Waals surface area contributed by atoms with E-state index in [2.05, 4.69) is 34.3 Å². The van der Waals surface area contributed by atoms with E-state index in [4.69, 9.17) is 9.47 Å². The van der Waals surface area contributed by atoms with Crippen LogP contribution in [0, 0.1) is 0 Å². The lowest BCUT2D eigenvalue weighted by atomic mass is 10.0. The lowest BCUT2D eigenvalue weighted by molar-refractivity contribution is 0.153. The van der Waals surface area contributed by atoms with Crippen LogP contribution in [0.4, 0.5) is 0 Å². The number of ether oxygens (including phenoxy) is 2. The quantitative estimate of drug-likeness (QED) is 0.731. The Morgan fingerprint density at radius 1 is 1.19 bits per heavy atom. The fourth-order valence-electron chi connectivity index (χ4n) is 3.68. The van der Waals surface area contributed by atoms with Gasteiger partial charge in [0.15, 0.2) is 11.5 Å². The van der Waals surface area contributed by atoms with Crippen molar-refractivity contribution in [2.75, 3.05) is 26.7 Å². The zero-order valence-electron chi connectivity index (χ0n) is 16.5.